The van der Waals surface area contributed by atoms with E-state index in [0.717, 1.165) is 69.3 Å². The molecule has 22 nitrogen and oxygen atoms in total. The van der Waals surface area contributed by atoms with Gasteiger partial charge in [-0.15, -0.1) is 0 Å². The van der Waals surface area contributed by atoms with Crippen molar-refractivity contribution in [2.45, 2.75) is 53.0 Å². The van der Waals surface area contributed by atoms with Crippen LogP contribution in [-0.4, -0.2) is 87.0 Å². The number of nitro benzene ring substituents is 2. The number of nitrogens with two attached hydrogens (primary N) is 1. The van der Waals surface area contributed by atoms with Crippen LogP contribution in [0.25, 0.3) is 34.1 Å². The van der Waals surface area contributed by atoms with Crippen LogP contribution in [0.5, 0.6) is 11.5 Å². The van der Waals surface area contributed by atoms with Crippen molar-refractivity contribution in [1.82, 2.24) is 38.7 Å². The lowest BCUT2D eigenvalue weighted by Gasteiger charge is -2.11. The van der Waals surface area contributed by atoms with E-state index in [1.54, 1.807) is 56.8 Å². The Morgan fingerprint density at radius 2 is 1.21 bits per heavy atom. The third kappa shape index (κ3) is 15.6. The Balaban J connectivity index is 0.000000277. The van der Waals surface area contributed by atoms with Crippen LogP contribution in [0.4, 0.5) is 37.5 Å². The normalized spacial score (nSPS) is 10.5. The molecule has 6 aromatic heterocycles. The van der Waals surface area contributed by atoms with Gasteiger partial charge in [-0.3, -0.25) is 33.6 Å². The van der Waals surface area contributed by atoms with Crippen LogP contribution < -0.4 is 20.5 Å². The molecule has 0 saturated carbocycles. The summed E-state index contributed by atoms with van der Waals surface area (Å²) in [6.07, 6.45) is 10.4. The number of fused-ring (bicyclic) bond motifs is 2. The Labute approximate surface area is 435 Å². The molecule has 0 aliphatic carbocycles. The summed E-state index contributed by atoms with van der Waals surface area (Å²) in [4.78, 5) is 45.0. The topological polar surface area (TPSA) is 304 Å². The maximum atomic E-state index is 13.8. The van der Waals surface area contributed by atoms with Crippen molar-refractivity contribution in [2.24, 2.45) is 0 Å². The number of benzene rings is 3. The predicted molar refractivity (Wildman–Crippen MR) is 281 cm³/mol. The van der Waals surface area contributed by atoms with Crippen LogP contribution in [0, 0.1) is 52.6 Å². The van der Waals surface area contributed by atoms with Gasteiger partial charge < -0.3 is 25.6 Å². The summed E-state index contributed by atoms with van der Waals surface area (Å²) in [5, 5.41) is 32.4. The van der Waals surface area contributed by atoms with Gasteiger partial charge in [0, 0.05) is 56.6 Å². The zero-order valence-electron chi connectivity index (χ0n) is 40.4. The molecule has 0 atom stereocenters. The van der Waals surface area contributed by atoms with E-state index in [1.165, 1.54) is 26.4 Å². The number of imidazole rings is 2. The number of ether oxygens (including phenoxy) is 2. The van der Waals surface area contributed by atoms with Gasteiger partial charge in [0.05, 0.1) is 75.5 Å². The molecule has 0 spiro atoms. The number of aryl methyl sites for hydroxylation is 3. The molecule has 0 unspecified atom stereocenters. The highest BCUT2D eigenvalue weighted by atomic mass is 35.5. The molecule has 0 aliphatic heterocycles. The van der Waals surface area contributed by atoms with E-state index in [1.807, 2.05) is 72.3 Å². The lowest BCUT2D eigenvalue weighted by atomic mass is 10.2. The van der Waals surface area contributed by atoms with Crippen LogP contribution >= 0.6 is 11.6 Å². The highest BCUT2D eigenvalue weighted by Crippen LogP contribution is 2.34. The van der Waals surface area contributed by atoms with Crippen LogP contribution in [0.3, 0.4) is 0 Å². The fraction of sp³-hybridized carbons (Fsp3) is 0.184. The Hall–Kier alpha value is -8.78. The summed E-state index contributed by atoms with van der Waals surface area (Å²) in [5.74, 6) is -1.61. The number of halogens is 3. The SMILES string of the molecule is C.CC(C)O.COc1cc(F)c([N+](=O)[O-])cc1N.COc1cc(F)c([N+](=O)[O-])cc1Nc1nccc(-c2cnc3c(C)cccn23)n1.Cc1ccc(S(=O)(=O)O)cc1.Cc1cccn2c(-c3ccnc(Cl)n3)cnc12.[2HH]. The number of nitro groups is 2. The van der Waals surface area contributed by atoms with Crippen molar-refractivity contribution >= 4 is 61.7 Å². The number of methoxy groups -OCH3 is 2. The van der Waals surface area contributed by atoms with Gasteiger partial charge in [0.25, 0.3) is 10.1 Å². The molecule has 0 amide bonds. The monoisotopic (exact) mass is 1080 g/mol. The van der Waals surface area contributed by atoms with Gasteiger partial charge in [0.2, 0.25) is 22.9 Å². The molecule has 75 heavy (non-hydrogen) atoms. The number of anilines is 3. The molecule has 9 aromatic rings. The van der Waals surface area contributed by atoms with Crippen LogP contribution in [0.2, 0.25) is 5.28 Å². The fourth-order valence-corrected chi connectivity index (χ4v) is 7.01. The number of nitrogens with zero attached hydrogens (tertiary/aromatic N) is 10. The molecule has 26 heteroatoms. The third-order valence-corrected chi connectivity index (χ3v) is 10.8. The summed E-state index contributed by atoms with van der Waals surface area (Å²) < 4.78 is 70.0. The van der Waals surface area contributed by atoms with Gasteiger partial charge in [-0.2, -0.15) is 17.2 Å². The van der Waals surface area contributed by atoms with E-state index < -0.39 is 43.0 Å². The quantitative estimate of drug-likeness (QED) is 0.0343. The number of aliphatic hydroxyl groups is 1. The van der Waals surface area contributed by atoms with Crippen molar-refractivity contribution in [2.75, 3.05) is 25.3 Å². The summed E-state index contributed by atoms with van der Waals surface area (Å²) in [5.41, 5.74) is 12.1. The second-order valence-electron chi connectivity index (χ2n) is 15.6. The maximum Gasteiger partial charge on any atom is 0.307 e. The van der Waals surface area contributed by atoms with Gasteiger partial charge >= 0.3 is 11.4 Å². The van der Waals surface area contributed by atoms with E-state index in [2.05, 4.69) is 40.0 Å². The number of aromatic nitrogens is 8. The number of rotatable bonds is 9. The molecular weight excluding hydrogens is 1020 g/mol. The van der Waals surface area contributed by atoms with Crippen molar-refractivity contribution in [3.8, 4) is 34.3 Å². The van der Waals surface area contributed by atoms with Gasteiger partial charge in [0.1, 0.15) is 22.8 Å². The van der Waals surface area contributed by atoms with Crippen molar-refractivity contribution in [3.63, 3.8) is 0 Å². The highest BCUT2D eigenvalue weighted by Gasteiger charge is 2.21. The largest absolute Gasteiger partial charge is 0.494 e. The van der Waals surface area contributed by atoms with Crippen LogP contribution in [-0.2, 0) is 10.1 Å². The highest BCUT2D eigenvalue weighted by molar-refractivity contribution is 7.85. The second-order valence-corrected chi connectivity index (χ2v) is 17.4. The number of pyridine rings is 2. The first-order chi connectivity index (χ1) is 35.0. The zero-order valence-corrected chi connectivity index (χ0v) is 41.9. The van der Waals surface area contributed by atoms with E-state index in [4.69, 9.17) is 31.7 Å². The van der Waals surface area contributed by atoms with Crippen molar-refractivity contribution < 1.29 is 47.6 Å². The van der Waals surface area contributed by atoms with Crippen molar-refractivity contribution in [3.05, 3.63) is 176 Å². The van der Waals surface area contributed by atoms with E-state index in [0.29, 0.717) is 5.69 Å². The van der Waals surface area contributed by atoms with Gasteiger partial charge in [-0.1, -0.05) is 37.3 Å². The standard InChI is InChI=1S/C19H15FN6O3.C12H9ClN4.C7H7FN2O3.C7H8O3S.C3H8O.CH4.H2/c1-11-4-3-7-25-16(10-22-18(11)25)13-5-6-21-19(23-13)24-14-9-15(26(27)28)12(20)8-17(14)29-2;1-8-3-2-6-17-10(7-15-11(8)17)9-4-5-14-12(13)16-9;1-13-7-2-4(8)6(10(11)12)3-5(7)9;1-6-2-4-7(5-3-6)11(8,9)10;1-3(2)4;;/h3-10H,1-2H3,(H,21,23,24);2-7H,1H3;2-3H,9H2,1H3;2-5H,1H3,(H,8,9,10);3-4H,1-2H3;1H4;1H/i;;;;;;1+1. The number of nitrogen functional groups attached to an aromatic ring is 1. The predicted octanol–water partition coefficient (Wildman–Crippen LogP) is 10.5. The molecule has 396 valence electrons. The smallest absolute Gasteiger partial charge is 0.307 e. The average molecular weight is 1080 g/mol. The molecule has 5 N–H and O–H groups in total. The Kier molecular flexibility index (Phi) is 20.6. The lowest BCUT2D eigenvalue weighted by molar-refractivity contribution is -0.387. The fourth-order valence-electron chi connectivity index (χ4n) is 6.38. The molecule has 0 fully saturated rings. The second kappa shape index (κ2) is 26.3. The minimum atomic E-state index is -4.02. The minimum Gasteiger partial charge on any atom is -0.494 e. The first kappa shape index (κ1) is 58.8. The molecule has 3 aromatic carbocycles. The summed E-state index contributed by atoms with van der Waals surface area (Å²) >= 11 is 5.79. The number of hydrogen-bond acceptors (Lipinski definition) is 17. The van der Waals surface area contributed by atoms with Crippen LogP contribution in [0.15, 0.2) is 127 Å². The first-order valence-corrected chi connectivity index (χ1v) is 23.3. The van der Waals surface area contributed by atoms with E-state index in [-0.39, 0.29) is 54.0 Å². The third-order valence-electron chi connectivity index (χ3n) is 9.80. The molecule has 6 heterocycles. The number of nitrogens with one attached hydrogen (secondary N) is 1. The summed E-state index contributed by atoms with van der Waals surface area (Å²) in [7, 11) is -1.38. The Bertz CT molecular complexity index is 3550. The van der Waals surface area contributed by atoms with Crippen LogP contribution in [0.1, 0.15) is 39.4 Å². The molecule has 9 rings (SSSR count). The zero-order chi connectivity index (χ0) is 54.4. The van der Waals surface area contributed by atoms with Gasteiger partial charge in [-0.25, -0.2) is 29.9 Å². The van der Waals surface area contributed by atoms with Gasteiger partial charge in [-0.05, 0) is 93.7 Å². The lowest BCUT2D eigenvalue weighted by Crippen LogP contribution is -2.03. The van der Waals surface area contributed by atoms with E-state index in [9.17, 15) is 37.4 Å². The first-order valence-electron chi connectivity index (χ1n) is 21.5. The number of hydrogen-bond donors (Lipinski definition) is 4. The van der Waals surface area contributed by atoms with Crippen molar-refractivity contribution in [1.29, 1.82) is 0 Å². The van der Waals surface area contributed by atoms with Gasteiger partial charge in [0.15, 0.2) is 0 Å². The molecule has 0 saturated heterocycles. The molecule has 0 radical (unpaired) electrons. The summed E-state index contributed by atoms with van der Waals surface area (Å²) in [6.45, 7) is 9.28. The average Bonchev–Trinajstić information content (AvgIpc) is 4.00. The molecule has 0 aliphatic rings. The number of aliphatic hydroxyl groups excluding tert-OH is 1. The Morgan fingerprint density at radius 3 is 1.68 bits per heavy atom. The molecule has 0 bridgehead atoms. The minimum absolute atomic E-state index is 0. The Morgan fingerprint density at radius 1 is 0.747 bits per heavy atom. The summed E-state index contributed by atoms with van der Waals surface area (Å²) in [6, 6.07) is 21.2. The molecular formula is C49H53ClF2N12O10S. The maximum absolute atomic E-state index is 13.8. The van der Waals surface area contributed by atoms with E-state index >= 15 is 0 Å².